The predicted molar refractivity (Wildman–Crippen MR) is 104 cm³/mol. The first-order valence-corrected chi connectivity index (χ1v) is 8.63. The van der Waals surface area contributed by atoms with Crippen LogP contribution in [0.1, 0.15) is 13.0 Å². The van der Waals surface area contributed by atoms with Gasteiger partial charge in [-0.15, -0.1) is 0 Å². The Morgan fingerprint density at radius 2 is 1.77 bits per heavy atom. The maximum absolute atomic E-state index is 12.6. The number of hydrogen-bond donors (Lipinski definition) is 1. The predicted octanol–water partition coefficient (Wildman–Crippen LogP) is 4.42. The number of nitrogens with one attached hydrogen (secondary N) is 1. The Hall–Kier alpha value is -2.63. The summed E-state index contributed by atoms with van der Waals surface area (Å²) in [5.74, 6) is -0.422. The van der Waals surface area contributed by atoms with Crippen molar-refractivity contribution in [2.24, 2.45) is 0 Å². The number of aromatic nitrogens is 2. The molecule has 1 aromatic heterocycles. The van der Waals surface area contributed by atoms with Crippen LogP contribution in [0.4, 0.5) is 5.69 Å². The molecule has 2 aromatic carbocycles. The van der Waals surface area contributed by atoms with Crippen molar-refractivity contribution in [2.75, 3.05) is 5.32 Å². The molecule has 132 valence electrons. The van der Waals surface area contributed by atoms with Crippen LogP contribution >= 0.6 is 23.2 Å². The summed E-state index contributed by atoms with van der Waals surface area (Å²) in [6.45, 7) is 1.59. The smallest absolute Gasteiger partial charge is 0.267 e. The van der Waals surface area contributed by atoms with E-state index in [1.165, 1.54) is 6.07 Å². The van der Waals surface area contributed by atoms with Gasteiger partial charge in [0.25, 0.3) is 5.56 Å². The number of hydrogen-bond acceptors (Lipinski definition) is 3. The molecule has 0 bridgehead atoms. The van der Waals surface area contributed by atoms with Crippen LogP contribution < -0.4 is 10.9 Å². The summed E-state index contributed by atoms with van der Waals surface area (Å²) in [4.78, 5) is 24.8. The Labute approximate surface area is 160 Å². The van der Waals surface area contributed by atoms with Crippen molar-refractivity contribution in [3.63, 3.8) is 0 Å². The molecule has 0 saturated heterocycles. The van der Waals surface area contributed by atoms with Crippen LogP contribution in [0.15, 0.2) is 65.5 Å². The van der Waals surface area contributed by atoms with E-state index in [9.17, 15) is 9.59 Å². The molecule has 1 amide bonds. The highest BCUT2D eigenvalue weighted by Gasteiger charge is 2.19. The fraction of sp³-hybridized carbons (Fsp3) is 0.105. The lowest BCUT2D eigenvalue weighted by Crippen LogP contribution is -2.33. The topological polar surface area (TPSA) is 64.0 Å². The zero-order valence-corrected chi connectivity index (χ0v) is 15.3. The van der Waals surface area contributed by atoms with E-state index in [1.54, 1.807) is 31.2 Å². The van der Waals surface area contributed by atoms with E-state index < -0.39 is 11.9 Å². The van der Waals surface area contributed by atoms with Gasteiger partial charge in [0.1, 0.15) is 6.04 Å². The van der Waals surface area contributed by atoms with Gasteiger partial charge in [0.15, 0.2) is 0 Å². The van der Waals surface area contributed by atoms with E-state index >= 15 is 0 Å². The highest BCUT2D eigenvalue weighted by atomic mass is 35.5. The molecule has 7 heteroatoms. The van der Waals surface area contributed by atoms with Crippen LogP contribution in [0, 0.1) is 0 Å². The molecule has 0 aliphatic rings. The number of rotatable bonds is 4. The largest absolute Gasteiger partial charge is 0.323 e. The van der Waals surface area contributed by atoms with E-state index in [0.717, 1.165) is 10.2 Å². The second kappa shape index (κ2) is 7.72. The normalized spacial score (nSPS) is 11.8. The van der Waals surface area contributed by atoms with Crippen LogP contribution in [0.2, 0.25) is 10.0 Å². The molecule has 0 fully saturated rings. The molecule has 5 nitrogen and oxygen atoms in total. The number of amides is 1. The molecular weight excluding hydrogens is 373 g/mol. The zero-order valence-electron chi connectivity index (χ0n) is 13.8. The third-order valence-corrected chi connectivity index (χ3v) is 4.67. The Balaban J connectivity index is 1.89. The maximum atomic E-state index is 12.6. The molecular formula is C19H15Cl2N3O2. The Morgan fingerprint density at radius 1 is 1.04 bits per heavy atom. The van der Waals surface area contributed by atoms with Crippen LogP contribution in [-0.4, -0.2) is 15.7 Å². The lowest BCUT2D eigenvalue weighted by Gasteiger charge is -2.16. The van der Waals surface area contributed by atoms with E-state index in [2.05, 4.69) is 10.4 Å². The lowest BCUT2D eigenvalue weighted by molar-refractivity contribution is -0.119. The summed E-state index contributed by atoms with van der Waals surface area (Å²) in [5, 5.41) is 7.59. The van der Waals surface area contributed by atoms with Gasteiger partial charge in [-0.25, -0.2) is 4.68 Å². The highest BCUT2D eigenvalue weighted by molar-refractivity contribution is 6.44. The number of anilines is 1. The number of carbonyl (C=O) groups is 1. The summed E-state index contributed by atoms with van der Waals surface area (Å²) in [6.07, 6.45) is 0. The first-order valence-electron chi connectivity index (χ1n) is 7.87. The summed E-state index contributed by atoms with van der Waals surface area (Å²) < 4.78 is 1.15. The minimum atomic E-state index is -0.832. The number of halogens is 2. The molecule has 0 spiro atoms. The number of benzene rings is 2. The van der Waals surface area contributed by atoms with Gasteiger partial charge in [0, 0.05) is 11.6 Å². The molecule has 1 unspecified atom stereocenters. The standard InChI is InChI=1S/C19H15Cl2N3O2/c1-12(19(26)22-16-9-5-8-14(20)18(16)21)24-17(25)11-10-15(23-24)13-6-3-2-4-7-13/h2-12H,1H3,(H,22,26). The number of nitrogens with zero attached hydrogens (tertiary/aromatic N) is 2. The van der Waals surface area contributed by atoms with Gasteiger partial charge in [-0.1, -0.05) is 59.6 Å². The van der Waals surface area contributed by atoms with Crippen LogP contribution in [0.5, 0.6) is 0 Å². The second-order valence-electron chi connectivity index (χ2n) is 5.63. The zero-order chi connectivity index (χ0) is 18.7. The molecule has 0 radical (unpaired) electrons. The van der Waals surface area contributed by atoms with Crippen LogP contribution in [0.25, 0.3) is 11.3 Å². The van der Waals surface area contributed by atoms with Crippen molar-refractivity contribution in [2.45, 2.75) is 13.0 Å². The Bertz CT molecular complexity index is 1000. The first kappa shape index (κ1) is 18.2. The Morgan fingerprint density at radius 3 is 2.50 bits per heavy atom. The van der Waals surface area contributed by atoms with E-state index in [0.29, 0.717) is 16.4 Å². The maximum Gasteiger partial charge on any atom is 0.267 e. The third-order valence-electron chi connectivity index (χ3n) is 3.85. The third kappa shape index (κ3) is 3.79. The summed E-state index contributed by atoms with van der Waals surface area (Å²) in [6, 6.07) is 16.5. The van der Waals surface area contributed by atoms with Gasteiger partial charge in [-0.2, -0.15) is 5.10 Å². The van der Waals surface area contributed by atoms with E-state index in [-0.39, 0.29) is 10.6 Å². The second-order valence-corrected chi connectivity index (χ2v) is 6.42. The van der Waals surface area contributed by atoms with Crippen molar-refractivity contribution in [1.29, 1.82) is 0 Å². The molecule has 0 saturated carbocycles. The molecule has 1 N–H and O–H groups in total. The molecule has 1 heterocycles. The Kier molecular flexibility index (Phi) is 5.40. The van der Waals surface area contributed by atoms with Gasteiger partial charge in [0.05, 0.1) is 21.4 Å². The van der Waals surface area contributed by atoms with Crippen molar-refractivity contribution < 1.29 is 4.79 Å². The lowest BCUT2D eigenvalue weighted by atomic mass is 10.1. The molecule has 26 heavy (non-hydrogen) atoms. The first-order chi connectivity index (χ1) is 12.5. The van der Waals surface area contributed by atoms with Gasteiger partial charge in [-0.05, 0) is 25.1 Å². The molecule has 0 aliphatic heterocycles. The van der Waals surface area contributed by atoms with Crippen LogP contribution in [0.3, 0.4) is 0 Å². The van der Waals surface area contributed by atoms with Crippen molar-refractivity contribution >= 4 is 34.8 Å². The fourth-order valence-corrected chi connectivity index (χ4v) is 2.76. The minimum Gasteiger partial charge on any atom is -0.323 e. The number of carbonyl (C=O) groups excluding carboxylic acids is 1. The SMILES string of the molecule is CC(C(=O)Nc1cccc(Cl)c1Cl)n1nc(-c2ccccc2)ccc1=O. The summed E-state index contributed by atoms with van der Waals surface area (Å²) in [5.41, 5.74) is 1.46. The molecule has 0 aliphatic carbocycles. The highest BCUT2D eigenvalue weighted by Crippen LogP contribution is 2.30. The van der Waals surface area contributed by atoms with Crippen molar-refractivity contribution in [1.82, 2.24) is 9.78 Å². The molecule has 3 aromatic rings. The monoisotopic (exact) mass is 387 g/mol. The van der Waals surface area contributed by atoms with Crippen LogP contribution in [-0.2, 0) is 4.79 Å². The van der Waals surface area contributed by atoms with Crippen molar-refractivity contribution in [3.05, 3.63) is 81.1 Å². The molecule has 3 rings (SSSR count). The average Bonchev–Trinajstić information content (AvgIpc) is 2.66. The average molecular weight is 388 g/mol. The van der Waals surface area contributed by atoms with E-state index in [4.69, 9.17) is 23.2 Å². The molecule has 1 atom stereocenters. The quantitative estimate of drug-likeness (QED) is 0.720. The van der Waals surface area contributed by atoms with E-state index in [1.807, 2.05) is 30.3 Å². The van der Waals surface area contributed by atoms with Gasteiger partial charge in [0.2, 0.25) is 5.91 Å². The summed E-state index contributed by atoms with van der Waals surface area (Å²) >= 11 is 12.1. The van der Waals surface area contributed by atoms with Gasteiger partial charge >= 0.3 is 0 Å². The van der Waals surface area contributed by atoms with Crippen molar-refractivity contribution in [3.8, 4) is 11.3 Å². The minimum absolute atomic E-state index is 0.244. The van der Waals surface area contributed by atoms with Gasteiger partial charge in [-0.3, -0.25) is 9.59 Å². The fourth-order valence-electron chi connectivity index (χ4n) is 2.41. The summed E-state index contributed by atoms with van der Waals surface area (Å²) in [7, 11) is 0. The van der Waals surface area contributed by atoms with Gasteiger partial charge < -0.3 is 5.32 Å².